The van der Waals surface area contributed by atoms with Gasteiger partial charge in [0, 0.05) is 17.7 Å². The van der Waals surface area contributed by atoms with Crippen molar-refractivity contribution in [3.8, 4) is 0 Å². The first-order valence-electron chi connectivity index (χ1n) is 10.5. The summed E-state index contributed by atoms with van der Waals surface area (Å²) in [6.07, 6.45) is -0.343. The number of hydrogen-bond acceptors (Lipinski definition) is 7. The molecule has 1 aromatic carbocycles. The molecule has 34 heavy (non-hydrogen) atoms. The smallest absolute Gasteiger partial charge is 0.322 e. The average Bonchev–Trinajstić information content (AvgIpc) is 2.76. The lowest BCUT2D eigenvalue weighted by Gasteiger charge is -2.19. The monoisotopic (exact) mass is 496 g/mol. The number of rotatable bonds is 13. The molecule has 0 fully saturated rings. The molecule has 0 saturated carbocycles. The summed E-state index contributed by atoms with van der Waals surface area (Å²) in [6.45, 7) is 5.59. The van der Waals surface area contributed by atoms with E-state index >= 15 is 0 Å². The number of carboxylic acids is 2. The SMILES string of the molecule is CC(C)(C)c1ccc(C(=O)NCSC[C@H](NC(=O)CC[C@H](N)C(=O)O)C(=O)NCC(=O)O)cc1. The van der Waals surface area contributed by atoms with Gasteiger partial charge in [0.25, 0.3) is 5.91 Å². The predicted molar refractivity (Wildman–Crippen MR) is 127 cm³/mol. The second kappa shape index (κ2) is 13.6. The Morgan fingerprint density at radius 1 is 1.03 bits per heavy atom. The standard InChI is InChI=1S/C22H32N4O7S/c1-22(2,3)14-6-4-13(5-7-14)19(30)25-12-34-11-16(20(31)24-10-18(28)29)26-17(27)9-8-15(23)21(32)33/h4-7,15-16H,8-12,23H2,1-3H3,(H,24,31)(H,25,30)(H,26,27)(H,28,29)(H,32,33)/t15-,16-/m0/s1. The number of amides is 3. The molecule has 0 unspecified atom stereocenters. The van der Waals surface area contributed by atoms with Crippen molar-refractivity contribution in [2.24, 2.45) is 5.73 Å². The van der Waals surface area contributed by atoms with Gasteiger partial charge in [-0.05, 0) is 29.5 Å². The van der Waals surface area contributed by atoms with Crippen LogP contribution in [0.25, 0.3) is 0 Å². The van der Waals surface area contributed by atoms with Gasteiger partial charge in [-0.15, -0.1) is 11.8 Å². The van der Waals surface area contributed by atoms with Crippen LogP contribution in [0.15, 0.2) is 24.3 Å². The third-order valence-electron chi connectivity index (χ3n) is 4.70. The Kier molecular flexibility index (Phi) is 11.5. The van der Waals surface area contributed by atoms with Gasteiger partial charge in [-0.1, -0.05) is 32.9 Å². The molecule has 188 valence electrons. The molecule has 0 aliphatic carbocycles. The molecule has 1 rings (SSSR count). The molecule has 0 saturated heterocycles. The van der Waals surface area contributed by atoms with Crippen molar-refractivity contribution < 1.29 is 34.2 Å². The maximum atomic E-state index is 12.3. The lowest BCUT2D eigenvalue weighted by Crippen LogP contribution is -2.49. The highest BCUT2D eigenvalue weighted by Crippen LogP contribution is 2.22. The van der Waals surface area contributed by atoms with Crippen molar-refractivity contribution in [1.82, 2.24) is 16.0 Å². The Morgan fingerprint density at radius 3 is 2.18 bits per heavy atom. The minimum absolute atomic E-state index is 0.0375. The molecule has 3 amide bonds. The van der Waals surface area contributed by atoms with Crippen LogP contribution < -0.4 is 21.7 Å². The van der Waals surface area contributed by atoms with E-state index in [-0.39, 0.29) is 35.8 Å². The van der Waals surface area contributed by atoms with Crippen molar-refractivity contribution in [3.05, 3.63) is 35.4 Å². The predicted octanol–water partition coefficient (Wildman–Crippen LogP) is 0.282. The van der Waals surface area contributed by atoms with Gasteiger partial charge in [0.1, 0.15) is 18.6 Å². The van der Waals surface area contributed by atoms with Crippen LogP contribution in [0.1, 0.15) is 49.5 Å². The number of aliphatic carboxylic acids is 2. The summed E-state index contributed by atoms with van der Waals surface area (Å²) in [5.41, 5.74) is 6.90. The minimum atomic E-state index is -1.25. The summed E-state index contributed by atoms with van der Waals surface area (Å²) in [5, 5.41) is 24.9. The van der Waals surface area contributed by atoms with E-state index in [0.29, 0.717) is 5.56 Å². The van der Waals surface area contributed by atoms with E-state index < -0.39 is 42.4 Å². The fourth-order valence-corrected chi connectivity index (χ4v) is 3.48. The molecular formula is C22H32N4O7S. The number of nitrogens with one attached hydrogen (secondary N) is 3. The van der Waals surface area contributed by atoms with Gasteiger partial charge in [0.2, 0.25) is 11.8 Å². The molecule has 12 heteroatoms. The molecule has 0 spiro atoms. The fourth-order valence-electron chi connectivity index (χ4n) is 2.66. The number of carboxylic acid groups (broad SMARTS) is 2. The normalized spacial score (nSPS) is 12.8. The second-order valence-electron chi connectivity index (χ2n) is 8.56. The first kappa shape index (κ1) is 28.9. The number of thioether (sulfide) groups is 1. The second-order valence-corrected chi connectivity index (χ2v) is 9.59. The van der Waals surface area contributed by atoms with Crippen LogP contribution in [0, 0.1) is 0 Å². The summed E-state index contributed by atoms with van der Waals surface area (Å²) < 4.78 is 0. The molecule has 2 atom stereocenters. The Balaban J connectivity index is 2.61. The summed E-state index contributed by atoms with van der Waals surface area (Å²) in [7, 11) is 0. The van der Waals surface area contributed by atoms with E-state index in [0.717, 1.165) is 17.3 Å². The Bertz CT molecular complexity index is 884. The molecule has 11 nitrogen and oxygen atoms in total. The van der Waals surface area contributed by atoms with Crippen LogP contribution in [0.5, 0.6) is 0 Å². The third kappa shape index (κ3) is 10.7. The van der Waals surface area contributed by atoms with Crippen LogP contribution in [0.2, 0.25) is 0 Å². The highest BCUT2D eigenvalue weighted by molar-refractivity contribution is 7.99. The average molecular weight is 497 g/mol. The van der Waals surface area contributed by atoms with E-state index in [9.17, 15) is 24.0 Å². The number of carbonyl (C=O) groups is 5. The van der Waals surface area contributed by atoms with Gasteiger partial charge in [0.05, 0.1) is 5.88 Å². The quantitative estimate of drug-likeness (QED) is 0.165. The highest BCUT2D eigenvalue weighted by atomic mass is 32.2. The minimum Gasteiger partial charge on any atom is -0.480 e. The van der Waals surface area contributed by atoms with E-state index in [1.165, 1.54) is 0 Å². The van der Waals surface area contributed by atoms with Crippen LogP contribution in [0.4, 0.5) is 0 Å². The van der Waals surface area contributed by atoms with Gasteiger partial charge >= 0.3 is 11.9 Å². The zero-order chi connectivity index (χ0) is 25.9. The Labute approximate surface area is 202 Å². The first-order valence-corrected chi connectivity index (χ1v) is 11.7. The highest BCUT2D eigenvalue weighted by Gasteiger charge is 2.22. The van der Waals surface area contributed by atoms with E-state index in [1.807, 2.05) is 12.1 Å². The number of benzene rings is 1. The molecule has 0 radical (unpaired) electrons. The molecule has 0 bridgehead atoms. The van der Waals surface area contributed by atoms with Crippen molar-refractivity contribution in [1.29, 1.82) is 0 Å². The van der Waals surface area contributed by atoms with Crippen molar-refractivity contribution in [3.63, 3.8) is 0 Å². The van der Waals surface area contributed by atoms with Crippen molar-refractivity contribution in [2.75, 3.05) is 18.2 Å². The summed E-state index contributed by atoms with van der Waals surface area (Å²) >= 11 is 1.15. The van der Waals surface area contributed by atoms with Crippen LogP contribution in [-0.4, -0.2) is 70.1 Å². The van der Waals surface area contributed by atoms with Crippen molar-refractivity contribution >= 4 is 41.4 Å². The van der Waals surface area contributed by atoms with Gasteiger partial charge in [-0.2, -0.15) is 0 Å². The Hall–Kier alpha value is -3.12. The molecule has 0 heterocycles. The van der Waals surface area contributed by atoms with Crippen LogP contribution in [0.3, 0.4) is 0 Å². The topological polar surface area (TPSA) is 188 Å². The number of carbonyl (C=O) groups excluding carboxylic acids is 3. The summed E-state index contributed by atoms with van der Waals surface area (Å²) in [6, 6.07) is 4.93. The number of nitrogens with two attached hydrogens (primary N) is 1. The van der Waals surface area contributed by atoms with E-state index in [4.69, 9.17) is 15.9 Å². The molecule has 0 aliphatic rings. The van der Waals surface area contributed by atoms with E-state index in [1.54, 1.807) is 12.1 Å². The van der Waals surface area contributed by atoms with Crippen LogP contribution >= 0.6 is 11.8 Å². The molecule has 1 aromatic rings. The van der Waals surface area contributed by atoms with Gasteiger partial charge in [0.15, 0.2) is 0 Å². The first-order chi connectivity index (χ1) is 15.8. The lowest BCUT2D eigenvalue weighted by molar-refractivity contribution is -0.139. The number of hydrogen-bond donors (Lipinski definition) is 6. The Morgan fingerprint density at radius 2 is 1.65 bits per heavy atom. The van der Waals surface area contributed by atoms with Crippen LogP contribution in [-0.2, 0) is 24.6 Å². The zero-order valence-electron chi connectivity index (χ0n) is 19.4. The lowest BCUT2D eigenvalue weighted by atomic mass is 9.87. The van der Waals surface area contributed by atoms with Gasteiger partial charge in [-0.25, -0.2) is 0 Å². The molecule has 0 aliphatic heterocycles. The summed E-state index contributed by atoms with van der Waals surface area (Å²) in [5.74, 6) is -3.92. The molecule has 7 N–H and O–H groups in total. The van der Waals surface area contributed by atoms with Gasteiger partial charge in [-0.3, -0.25) is 24.0 Å². The van der Waals surface area contributed by atoms with E-state index in [2.05, 4.69) is 36.7 Å². The molecular weight excluding hydrogens is 464 g/mol. The van der Waals surface area contributed by atoms with Gasteiger partial charge < -0.3 is 31.9 Å². The zero-order valence-corrected chi connectivity index (χ0v) is 20.2. The maximum absolute atomic E-state index is 12.3. The fraction of sp³-hybridized carbons (Fsp3) is 0.500. The largest absolute Gasteiger partial charge is 0.480 e. The molecule has 0 aromatic heterocycles. The third-order valence-corrected chi connectivity index (χ3v) is 5.62. The van der Waals surface area contributed by atoms with Crippen molar-refractivity contribution in [2.45, 2.75) is 51.1 Å². The maximum Gasteiger partial charge on any atom is 0.322 e. The summed E-state index contributed by atoms with van der Waals surface area (Å²) in [4.78, 5) is 58.2.